The summed E-state index contributed by atoms with van der Waals surface area (Å²) < 4.78 is 0. The average molecular weight is 232 g/mol. The maximum absolute atomic E-state index is 6.08. The van der Waals surface area contributed by atoms with Crippen LogP contribution in [-0.2, 0) is 19.5 Å². The van der Waals surface area contributed by atoms with Gasteiger partial charge in [0.15, 0.2) is 0 Å². The van der Waals surface area contributed by atoms with Gasteiger partial charge in [0.25, 0.3) is 0 Å². The first kappa shape index (κ1) is 12.6. The number of nitrogens with two attached hydrogens (primary N) is 1. The second-order valence-electron chi connectivity index (χ2n) is 6.27. The summed E-state index contributed by atoms with van der Waals surface area (Å²) in [5, 5.41) is 0. The smallest absolute Gasteiger partial charge is 0.0243 e. The molecule has 1 aromatic rings. The van der Waals surface area contributed by atoms with Gasteiger partial charge < -0.3 is 5.73 Å². The number of hydrogen-bond acceptors (Lipinski definition) is 2. The van der Waals surface area contributed by atoms with E-state index < -0.39 is 0 Å². The topological polar surface area (TPSA) is 29.3 Å². The van der Waals surface area contributed by atoms with Crippen molar-refractivity contribution in [2.45, 2.75) is 58.8 Å². The van der Waals surface area contributed by atoms with Crippen molar-refractivity contribution in [2.24, 2.45) is 5.73 Å². The van der Waals surface area contributed by atoms with Gasteiger partial charge in [0.05, 0.1) is 0 Å². The summed E-state index contributed by atoms with van der Waals surface area (Å²) >= 11 is 0. The van der Waals surface area contributed by atoms with Gasteiger partial charge in [-0.1, -0.05) is 18.2 Å². The third-order valence-electron chi connectivity index (χ3n) is 3.41. The van der Waals surface area contributed by atoms with E-state index in [-0.39, 0.29) is 5.54 Å². The van der Waals surface area contributed by atoms with Crippen molar-refractivity contribution >= 4 is 0 Å². The predicted molar refractivity (Wildman–Crippen MR) is 72.8 cm³/mol. The summed E-state index contributed by atoms with van der Waals surface area (Å²) in [5.41, 5.74) is 10.3. The molecule has 0 saturated heterocycles. The van der Waals surface area contributed by atoms with E-state index in [2.05, 4.69) is 50.8 Å². The molecule has 1 aliphatic rings. The lowest BCUT2D eigenvalue weighted by molar-refractivity contribution is 0.227. The minimum Gasteiger partial charge on any atom is -0.325 e. The molecule has 94 valence electrons. The van der Waals surface area contributed by atoms with Gasteiger partial charge in [-0.2, -0.15) is 0 Å². The fraction of sp³-hybridized carbons (Fsp3) is 0.600. The Labute approximate surface area is 105 Å². The van der Waals surface area contributed by atoms with Crippen molar-refractivity contribution in [1.29, 1.82) is 0 Å². The van der Waals surface area contributed by atoms with Gasteiger partial charge in [0, 0.05) is 24.7 Å². The zero-order valence-corrected chi connectivity index (χ0v) is 11.5. The molecule has 0 aromatic heterocycles. The molecule has 0 atom stereocenters. The molecular formula is C15H24N2. The lowest BCUT2D eigenvalue weighted by Crippen LogP contribution is -2.34. The van der Waals surface area contributed by atoms with Crippen molar-refractivity contribution in [3.8, 4) is 0 Å². The van der Waals surface area contributed by atoms with Crippen LogP contribution in [0.2, 0.25) is 0 Å². The van der Waals surface area contributed by atoms with Gasteiger partial charge in [-0.25, -0.2) is 0 Å². The maximum Gasteiger partial charge on any atom is 0.0243 e. The number of benzene rings is 1. The monoisotopic (exact) mass is 232 g/mol. The van der Waals surface area contributed by atoms with Crippen LogP contribution in [0.4, 0.5) is 0 Å². The summed E-state index contributed by atoms with van der Waals surface area (Å²) in [7, 11) is 0. The standard InChI is InChI=1S/C15H24N2/c1-11(2)17-9-13-6-5-12(7-14(13)10-17)8-15(3,4)16/h5-7,11H,8-10,16H2,1-4H3. The van der Waals surface area contributed by atoms with Crippen molar-refractivity contribution in [2.75, 3.05) is 0 Å². The van der Waals surface area contributed by atoms with E-state index in [9.17, 15) is 0 Å². The van der Waals surface area contributed by atoms with E-state index in [1.165, 1.54) is 16.7 Å². The van der Waals surface area contributed by atoms with Gasteiger partial charge in [-0.05, 0) is 50.8 Å². The van der Waals surface area contributed by atoms with Crippen LogP contribution in [0.15, 0.2) is 18.2 Å². The SMILES string of the molecule is CC(C)N1Cc2ccc(CC(C)(C)N)cc2C1. The Kier molecular flexibility index (Phi) is 3.28. The molecule has 0 fully saturated rings. The molecule has 0 aliphatic carbocycles. The van der Waals surface area contributed by atoms with Crippen LogP contribution in [0.3, 0.4) is 0 Å². The Morgan fingerprint density at radius 2 is 1.88 bits per heavy atom. The Morgan fingerprint density at radius 1 is 1.24 bits per heavy atom. The van der Waals surface area contributed by atoms with Crippen LogP contribution in [0, 0.1) is 0 Å². The first-order valence-electron chi connectivity index (χ1n) is 6.49. The third-order valence-corrected chi connectivity index (χ3v) is 3.41. The van der Waals surface area contributed by atoms with Gasteiger partial charge in [0.2, 0.25) is 0 Å². The van der Waals surface area contributed by atoms with E-state index in [0.29, 0.717) is 6.04 Å². The largest absolute Gasteiger partial charge is 0.325 e. The molecule has 0 saturated carbocycles. The summed E-state index contributed by atoms with van der Waals surface area (Å²) in [6, 6.07) is 7.47. The number of nitrogens with zero attached hydrogens (tertiary/aromatic N) is 1. The van der Waals surface area contributed by atoms with Crippen molar-refractivity contribution < 1.29 is 0 Å². The molecule has 17 heavy (non-hydrogen) atoms. The minimum atomic E-state index is -0.120. The quantitative estimate of drug-likeness (QED) is 0.868. The highest BCUT2D eigenvalue weighted by molar-refractivity contribution is 5.35. The van der Waals surface area contributed by atoms with Crippen molar-refractivity contribution in [3.63, 3.8) is 0 Å². The third kappa shape index (κ3) is 3.08. The summed E-state index contributed by atoms with van der Waals surface area (Å²) in [6.45, 7) is 10.9. The van der Waals surface area contributed by atoms with E-state index in [1.807, 2.05) is 0 Å². The Hall–Kier alpha value is -0.860. The normalized spacial score (nSPS) is 16.6. The highest BCUT2D eigenvalue weighted by Crippen LogP contribution is 2.26. The van der Waals surface area contributed by atoms with E-state index in [1.54, 1.807) is 0 Å². The molecule has 2 heteroatoms. The molecule has 1 aliphatic heterocycles. The maximum atomic E-state index is 6.08. The Bertz CT molecular complexity index is 402. The van der Waals surface area contributed by atoms with Crippen molar-refractivity contribution in [3.05, 3.63) is 34.9 Å². The fourth-order valence-corrected chi connectivity index (χ4v) is 2.48. The van der Waals surface area contributed by atoms with Gasteiger partial charge in [0.1, 0.15) is 0 Å². The van der Waals surface area contributed by atoms with Crippen LogP contribution in [-0.4, -0.2) is 16.5 Å². The summed E-state index contributed by atoms with van der Waals surface area (Å²) in [4.78, 5) is 2.50. The van der Waals surface area contributed by atoms with Gasteiger partial charge in [-0.3, -0.25) is 4.90 Å². The lowest BCUT2D eigenvalue weighted by Gasteiger charge is -2.19. The number of rotatable bonds is 3. The van der Waals surface area contributed by atoms with Crippen molar-refractivity contribution in [1.82, 2.24) is 4.90 Å². The van der Waals surface area contributed by atoms with Gasteiger partial charge in [-0.15, -0.1) is 0 Å². The van der Waals surface area contributed by atoms with Crippen LogP contribution in [0.5, 0.6) is 0 Å². The van der Waals surface area contributed by atoms with Crippen LogP contribution >= 0.6 is 0 Å². The van der Waals surface area contributed by atoms with Gasteiger partial charge >= 0.3 is 0 Å². The summed E-state index contributed by atoms with van der Waals surface area (Å²) in [5.74, 6) is 0. The molecule has 0 spiro atoms. The van der Waals surface area contributed by atoms with E-state index >= 15 is 0 Å². The molecule has 0 bridgehead atoms. The second kappa shape index (κ2) is 4.43. The Morgan fingerprint density at radius 3 is 2.47 bits per heavy atom. The minimum absolute atomic E-state index is 0.120. The predicted octanol–water partition coefficient (Wildman–Crippen LogP) is 2.69. The molecule has 1 aromatic carbocycles. The highest BCUT2D eigenvalue weighted by Gasteiger charge is 2.21. The molecule has 1 heterocycles. The van der Waals surface area contributed by atoms with Crippen LogP contribution < -0.4 is 5.73 Å². The molecule has 2 nitrogen and oxygen atoms in total. The highest BCUT2D eigenvalue weighted by atomic mass is 15.2. The molecular weight excluding hydrogens is 208 g/mol. The molecule has 2 N–H and O–H groups in total. The van der Waals surface area contributed by atoms with Crippen LogP contribution in [0.1, 0.15) is 44.4 Å². The molecule has 0 unspecified atom stereocenters. The van der Waals surface area contributed by atoms with E-state index in [4.69, 9.17) is 5.73 Å². The number of hydrogen-bond donors (Lipinski definition) is 1. The first-order valence-corrected chi connectivity index (χ1v) is 6.49. The molecule has 0 radical (unpaired) electrons. The second-order valence-corrected chi connectivity index (χ2v) is 6.27. The molecule has 0 amide bonds. The molecule has 2 rings (SSSR count). The van der Waals surface area contributed by atoms with Crippen LogP contribution in [0.25, 0.3) is 0 Å². The summed E-state index contributed by atoms with van der Waals surface area (Å²) in [6.07, 6.45) is 0.946. The zero-order chi connectivity index (χ0) is 12.6. The fourth-order valence-electron chi connectivity index (χ4n) is 2.48. The number of fused-ring (bicyclic) bond motifs is 1. The zero-order valence-electron chi connectivity index (χ0n) is 11.5. The first-order chi connectivity index (χ1) is 7.85. The Balaban J connectivity index is 2.15. The lowest BCUT2D eigenvalue weighted by atomic mass is 9.94. The average Bonchev–Trinajstić information content (AvgIpc) is 2.57. The van der Waals surface area contributed by atoms with E-state index in [0.717, 1.165) is 19.5 Å².